The Kier molecular flexibility index (Phi) is 5.01. The first kappa shape index (κ1) is 13.8. The van der Waals surface area contributed by atoms with Gasteiger partial charge in [0.1, 0.15) is 0 Å². The van der Waals surface area contributed by atoms with Crippen LogP contribution in [0.4, 0.5) is 0 Å². The van der Waals surface area contributed by atoms with E-state index >= 15 is 0 Å². The second-order valence-electron chi connectivity index (χ2n) is 5.54. The summed E-state index contributed by atoms with van der Waals surface area (Å²) in [6.07, 6.45) is 4.50. The average Bonchev–Trinajstić information content (AvgIpc) is 3.00. The van der Waals surface area contributed by atoms with E-state index in [2.05, 4.69) is 16.7 Å². The lowest BCUT2D eigenvalue weighted by Crippen LogP contribution is -2.38. The first-order valence-corrected chi connectivity index (χ1v) is 7.34. The largest absolute Gasteiger partial charge is 0.466 e. The molecule has 2 aliphatic heterocycles. The minimum atomic E-state index is -0.0605. The third kappa shape index (κ3) is 3.45. The standard InChI is InChI=1S/C14H26N2O2/c1-3-18-14(17)10-12(2)16-9-6-13(11-16)15-7-4-5-8-15/h12-13H,3-11H2,1-2H3. The van der Waals surface area contributed by atoms with Gasteiger partial charge in [0, 0.05) is 25.2 Å². The SMILES string of the molecule is CCOC(=O)CC(C)N1CCC(N2CCCC2)C1. The highest BCUT2D eigenvalue weighted by atomic mass is 16.5. The summed E-state index contributed by atoms with van der Waals surface area (Å²) >= 11 is 0. The summed E-state index contributed by atoms with van der Waals surface area (Å²) in [5.74, 6) is -0.0605. The summed E-state index contributed by atoms with van der Waals surface area (Å²) in [7, 11) is 0. The molecule has 0 aromatic rings. The maximum atomic E-state index is 11.5. The Bertz CT molecular complexity index is 277. The summed E-state index contributed by atoms with van der Waals surface area (Å²) in [6, 6.07) is 1.04. The predicted molar refractivity (Wildman–Crippen MR) is 71.5 cm³/mol. The maximum Gasteiger partial charge on any atom is 0.307 e. The molecule has 2 atom stereocenters. The molecule has 0 aromatic heterocycles. The van der Waals surface area contributed by atoms with Crippen molar-refractivity contribution in [3.05, 3.63) is 0 Å². The highest BCUT2D eigenvalue weighted by molar-refractivity contribution is 5.70. The van der Waals surface area contributed by atoms with Crippen molar-refractivity contribution < 1.29 is 9.53 Å². The number of nitrogens with zero attached hydrogens (tertiary/aromatic N) is 2. The van der Waals surface area contributed by atoms with Gasteiger partial charge >= 0.3 is 5.97 Å². The second kappa shape index (κ2) is 6.53. The van der Waals surface area contributed by atoms with Crippen molar-refractivity contribution in [2.24, 2.45) is 0 Å². The molecule has 4 nitrogen and oxygen atoms in total. The molecule has 0 aliphatic carbocycles. The zero-order valence-corrected chi connectivity index (χ0v) is 11.7. The summed E-state index contributed by atoms with van der Waals surface area (Å²) in [4.78, 5) is 16.6. The molecular weight excluding hydrogens is 228 g/mol. The molecule has 104 valence electrons. The molecule has 0 saturated carbocycles. The van der Waals surface area contributed by atoms with Crippen molar-refractivity contribution in [2.45, 2.75) is 51.6 Å². The number of hydrogen-bond acceptors (Lipinski definition) is 4. The van der Waals surface area contributed by atoms with Gasteiger partial charge in [0.25, 0.3) is 0 Å². The average molecular weight is 254 g/mol. The van der Waals surface area contributed by atoms with Gasteiger partial charge in [-0.25, -0.2) is 0 Å². The van der Waals surface area contributed by atoms with Crippen molar-refractivity contribution in [3.63, 3.8) is 0 Å². The zero-order chi connectivity index (χ0) is 13.0. The van der Waals surface area contributed by atoms with Crippen LogP contribution in [0.2, 0.25) is 0 Å². The van der Waals surface area contributed by atoms with Gasteiger partial charge in [-0.1, -0.05) is 0 Å². The molecule has 0 amide bonds. The molecule has 2 rings (SSSR count). The Labute approximate surface area is 110 Å². The molecule has 0 spiro atoms. The van der Waals surface area contributed by atoms with Gasteiger partial charge in [-0.2, -0.15) is 0 Å². The van der Waals surface area contributed by atoms with Crippen molar-refractivity contribution in [3.8, 4) is 0 Å². The first-order chi connectivity index (χ1) is 8.70. The topological polar surface area (TPSA) is 32.8 Å². The van der Waals surface area contributed by atoms with Gasteiger partial charge in [-0.3, -0.25) is 14.6 Å². The summed E-state index contributed by atoms with van der Waals surface area (Å²) < 4.78 is 5.02. The van der Waals surface area contributed by atoms with Crippen LogP contribution in [-0.4, -0.2) is 60.6 Å². The number of carbonyl (C=O) groups excluding carboxylic acids is 1. The van der Waals surface area contributed by atoms with Crippen molar-refractivity contribution >= 4 is 5.97 Å². The fourth-order valence-electron chi connectivity index (χ4n) is 3.16. The molecule has 0 radical (unpaired) electrons. The number of rotatable bonds is 5. The van der Waals surface area contributed by atoms with Crippen LogP contribution in [0.1, 0.15) is 39.5 Å². The van der Waals surface area contributed by atoms with E-state index in [-0.39, 0.29) is 5.97 Å². The van der Waals surface area contributed by atoms with E-state index in [0.717, 1.165) is 19.1 Å². The van der Waals surface area contributed by atoms with Crippen LogP contribution < -0.4 is 0 Å². The van der Waals surface area contributed by atoms with Gasteiger partial charge < -0.3 is 4.74 Å². The van der Waals surface area contributed by atoms with Crippen LogP contribution in [0.5, 0.6) is 0 Å². The molecule has 2 aliphatic rings. The smallest absolute Gasteiger partial charge is 0.307 e. The third-order valence-electron chi connectivity index (χ3n) is 4.24. The molecule has 18 heavy (non-hydrogen) atoms. The molecule has 0 aromatic carbocycles. The molecule has 2 heterocycles. The number of ether oxygens (including phenoxy) is 1. The van der Waals surface area contributed by atoms with Gasteiger partial charge in [0.15, 0.2) is 0 Å². The van der Waals surface area contributed by atoms with E-state index in [4.69, 9.17) is 4.74 Å². The molecule has 2 unspecified atom stereocenters. The Morgan fingerprint density at radius 1 is 1.33 bits per heavy atom. The maximum absolute atomic E-state index is 11.5. The molecular formula is C14H26N2O2. The van der Waals surface area contributed by atoms with Crippen LogP contribution in [-0.2, 0) is 9.53 Å². The van der Waals surface area contributed by atoms with Crippen molar-refractivity contribution in [1.82, 2.24) is 9.80 Å². The molecule has 0 bridgehead atoms. The van der Waals surface area contributed by atoms with Gasteiger partial charge in [0.2, 0.25) is 0 Å². The fraction of sp³-hybridized carbons (Fsp3) is 0.929. The van der Waals surface area contributed by atoms with E-state index in [1.807, 2.05) is 6.92 Å². The minimum Gasteiger partial charge on any atom is -0.466 e. The highest BCUT2D eigenvalue weighted by Gasteiger charge is 2.31. The first-order valence-electron chi connectivity index (χ1n) is 7.34. The summed E-state index contributed by atoms with van der Waals surface area (Å²) in [5, 5.41) is 0. The van der Waals surface area contributed by atoms with Crippen molar-refractivity contribution in [2.75, 3.05) is 32.8 Å². The summed E-state index contributed by atoms with van der Waals surface area (Å²) in [6.45, 7) is 9.28. The monoisotopic (exact) mass is 254 g/mol. The van der Waals surface area contributed by atoms with Gasteiger partial charge in [-0.05, 0) is 46.2 Å². The Morgan fingerprint density at radius 2 is 2.06 bits per heavy atom. The normalized spacial score (nSPS) is 27.6. The lowest BCUT2D eigenvalue weighted by Gasteiger charge is -2.26. The Balaban J connectivity index is 1.75. The van der Waals surface area contributed by atoms with E-state index in [1.54, 1.807) is 0 Å². The number of likely N-dealkylation sites (tertiary alicyclic amines) is 2. The van der Waals surface area contributed by atoms with Crippen LogP contribution >= 0.6 is 0 Å². The van der Waals surface area contributed by atoms with Crippen LogP contribution in [0, 0.1) is 0 Å². The van der Waals surface area contributed by atoms with Gasteiger partial charge in [-0.15, -0.1) is 0 Å². The zero-order valence-electron chi connectivity index (χ0n) is 11.7. The second-order valence-corrected chi connectivity index (χ2v) is 5.54. The van der Waals surface area contributed by atoms with Crippen LogP contribution in [0.3, 0.4) is 0 Å². The van der Waals surface area contributed by atoms with E-state index < -0.39 is 0 Å². The number of carbonyl (C=O) groups is 1. The summed E-state index contributed by atoms with van der Waals surface area (Å²) in [5.41, 5.74) is 0. The predicted octanol–water partition coefficient (Wildman–Crippen LogP) is 1.50. The molecule has 4 heteroatoms. The van der Waals surface area contributed by atoms with E-state index in [9.17, 15) is 4.79 Å². The Hall–Kier alpha value is -0.610. The van der Waals surface area contributed by atoms with Crippen LogP contribution in [0.15, 0.2) is 0 Å². The Morgan fingerprint density at radius 3 is 2.72 bits per heavy atom. The molecule has 0 N–H and O–H groups in total. The molecule has 2 fully saturated rings. The molecule has 2 saturated heterocycles. The van der Waals surface area contributed by atoms with Gasteiger partial charge in [0.05, 0.1) is 13.0 Å². The van der Waals surface area contributed by atoms with E-state index in [0.29, 0.717) is 19.1 Å². The highest BCUT2D eigenvalue weighted by Crippen LogP contribution is 2.22. The fourth-order valence-corrected chi connectivity index (χ4v) is 3.16. The lowest BCUT2D eigenvalue weighted by molar-refractivity contribution is -0.144. The van der Waals surface area contributed by atoms with Crippen molar-refractivity contribution in [1.29, 1.82) is 0 Å². The quantitative estimate of drug-likeness (QED) is 0.696. The number of esters is 1. The third-order valence-corrected chi connectivity index (χ3v) is 4.24. The lowest BCUT2D eigenvalue weighted by atomic mass is 10.2. The minimum absolute atomic E-state index is 0.0605. The van der Waals surface area contributed by atoms with E-state index in [1.165, 1.54) is 32.4 Å². The number of hydrogen-bond donors (Lipinski definition) is 0. The van der Waals surface area contributed by atoms with Crippen LogP contribution in [0.25, 0.3) is 0 Å².